The van der Waals surface area contributed by atoms with Gasteiger partial charge in [-0.2, -0.15) is 0 Å². The van der Waals surface area contributed by atoms with Gasteiger partial charge in [-0.1, -0.05) is 20.8 Å². The Morgan fingerprint density at radius 3 is 2.33 bits per heavy atom. The van der Waals surface area contributed by atoms with Gasteiger partial charge in [0.05, 0.1) is 0 Å². The number of hydrogen-bond donors (Lipinski definition) is 0. The highest BCUT2D eigenvalue weighted by Crippen LogP contribution is 2.28. The van der Waals surface area contributed by atoms with E-state index in [1.807, 2.05) is 13.0 Å². The van der Waals surface area contributed by atoms with Crippen LogP contribution >= 0.6 is 0 Å². The summed E-state index contributed by atoms with van der Waals surface area (Å²) < 4.78 is 5.60. The van der Waals surface area contributed by atoms with Gasteiger partial charge < -0.3 is 4.42 Å². The molecule has 0 amide bonds. The zero-order chi connectivity index (χ0) is 9.14. The molecule has 1 aromatic rings. The molecular formula is C11H18O. The third-order valence-corrected chi connectivity index (χ3v) is 2.37. The molecule has 0 N–H and O–H groups in total. The molecule has 0 aromatic carbocycles. The van der Waals surface area contributed by atoms with E-state index >= 15 is 0 Å². The molecule has 12 heavy (non-hydrogen) atoms. The first kappa shape index (κ1) is 9.37. The minimum Gasteiger partial charge on any atom is -0.466 e. The first-order valence-corrected chi connectivity index (χ1v) is 4.71. The fraction of sp³-hybridized carbons (Fsp3) is 0.636. The summed E-state index contributed by atoms with van der Waals surface area (Å²) in [5.41, 5.74) is 0. The summed E-state index contributed by atoms with van der Waals surface area (Å²) in [6.45, 7) is 8.69. The molecule has 0 saturated carbocycles. The smallest absolute Gasteiger partial charge is 0.107 e. The Bertz CT molecular complexity index is 235. The van der Waals surface area contributed by atoms with Crippen LogP contribution in [0.5, 0.6) is 0 Å². The van der Waals surface area contributed by atoms with E-state index in [2.05, 4.69) is 26.8 Å². The van der Waals surface area contributed by atoms with Crippen LogP contribution in [0.1, 0.15) is 44.6 Å². The largest absolute Gasteiger partial charge is 0.466 e. The second-order valence-corrected chi connectivity index (χ2v) is 3.71. The van der Waals surface area contributed by atoms with Crippen molar-refractivity contribution in [2.45, 2.75) is 40.0 Å². The lowest BCUT2D eigenvalue weighted by atomic mass is 9.91. The maximum Gasteiger partial charge on any atom is 0.107 e. The quantitative estimate of drug-likeness (QED) is 0.666. The molecule has 68 valence electrons. The molecule has 1 heteroatoms. The Morgan fingerprint density at radius 1 is 1.33 bits per heavy atom. The van der Waals surface area contributed by atoms with Gasteiger partial charge in [0.2, 0.25) is 0 Å². The number of rotatable bonds is 3. The molecule has 1 rings (SSSR count). The van der Waals surface area contributed by atoms with Crippen LogP contribution in [0.15, 0.2) is 16.5 Å². The maximum absolute atomic E-state index is 5.60. The highest BCUT2D eigenvalue weighted by molar-refractivity contribution is 5.10. The average Bonchev–Trinajstić information content (AvgIpc) is 2.37. The summed E-state index contributed by atoms with van der Waals surface area (Å²) in [5, 5.41) is 0. The van der Waals surface area contributed by atoms with Crippen molar-refractivity contribution in [3.8, 4) is 0 Å². The summed E-state index contributed by atoms with van der Waals surface area (Å²) in [4.78, 5) is 0. The molecule has 0 radical (unpaired) electrons. The predicted octanol–water partition coefficient (Wildman–Crippen LogP) is 3.74. The average molecular weight is 166 g/mol. The second kappa shape index (κ2) is 3.79. The van der Waals surface area contributed by atoms with E-state index in [1.54, 1.807) is 0 Å². The van der Waals surface area contributed by atoms with Crippen molar-refractivity contribution in [3.05, 3.63) is 23.7 Å². The van der Waals surface area contributed by atoms with Crippen LogP contribution in [0.3, 0.4) is 0 Å². The van der Waals surface area contributed by atoms with Gasteiger partial charge in [0.1, 0.15) is 11.5 Å². The van der Waals surface area contributed by atoms with Gasteiger partial charge in [0.15, 0.2) is 0 Å². The SMILES string of the molecule is CC[C@H](c1ccc(C)o1)C(C)C. The summed E-state index contributed by atoms with van der Waals surface area (Å²) in [5.74, 6) is 3.41. The maximum atomic E-state index is 5.60. The zero-order valence-corrected chi connectivity index (χ0v) is 8.42. The molecule has 0 saturated heterocycles. The molecule has 0 fully saturated rings. The summed E-state index contributed by atoms with van der Waals surface area (Å²) in [6.07, 6.45) is 1.16. The fourth-order valence-corrected chi connectivity index (χ4v) is 1.65. The van der Waals surface area contributed by atoms with E-state index in [0.29, 0.717) is 11.8 Å². The van der Waals surface area contributed by atoms with Crippen LogP contribution in [0.2, 0.25) is 0 Å². The Hall–Kier alpha value is -0.720. The lowest BCUT2D eigenvalue weighted by Crippen LogP contribution is -2.03. The van der Waals surface area contributed by atoms with Crippen molar-refractivity contribution in [3.63, 3.8) is 0 Å². The van der Waals surface area contributed by atoms with Crippen molar-refractivity contribution < 1.29 is 4.42 Å². The molecule has 0 aliphatic carbocycles. The third-order valence-electron chi connectivity index (χ3n) is 2.37. The van der Waals surface area contributed by atoms with Gasteiger partial charge in [-0.25, -0.2) is 0 Å². The van der Waals surface area contributed by atoms with Gasteiger partial charge >= 0.3 is 0 Å². The van der Waals surface area contributed by atoms with Gasteiger partial charge in [0, 0.05) is 5.92 Å². The number of hydrogen-bond acceptors (Lipinski definition) is 1. The minimum atomic E-state index is 0.582. The monoisotopic (exact) mass is 166 g/mol. The zero-order valence-electron chi connectivity index (χ0n) is 8.42. The normalized spacial score (nSPS) is 13.8. The molecular weight excluding hydrogens is 148 g/mol. The van der Waals surface area contributed by atoms with E-state index in [0.717, 1.165) is 17.9 Å². The fourth-order valence-electron chi connectivity index (χ4n) is 1.65. The van der Waals surface area contributed by atoms with Crippen molar-refractivity contribution in [2.24, 2.45) is 5.92 Å². The Balaban J connectivity index is 2.80. The van der Waals surface area contributed by atoms with Crippen LogP contribution in [-0.2, 0) is 0 Å². The van der Waals surface area contributed by atoms with Crippen molar-refractivity contribution in [2.75, 3.05) is 0 Å². The van der Waals surface area contributed by atoms with Gasteiger partial charge in [-0.3, -0.25) is 0 Å². The number of aryl methyl sites for hydroxylation is 1. The van der Waals surface area contributed by atoms with E-state index in [9.17, 15) is 0 Å². The molecule has 0 aliphatic rings. The van der Waals surface area contributed by atoms with Crippen LogP contribution in [0.25, 0.3) is 0 Å². The Morgan fingerprint density at radius 2 is 2.00 bits per heavy atom. The van der Waals surface area contributed by atoms with E-state index in [1.165, 1.54) is 0 Å². The second-order valence-electron chi connectivity index (χ2n) is 3.71. The lowest BCUT2D eigenvalue weighted by Gasteiger charge is -2.15. The number of furan rings is 1. The first-order chi connectivity index (χ1) is 5.65. The molecule has 1 heterocycles. The van der Waals surface area contributed by atoms with E-state index < -0.39 is 0 Å². The molecule has 1 atom stereocenters. The van der Waals surface area contributed by atoms with Crippen molar-refractivity contribution >= 4 is 0 Å². The van der Waals surface area contributed by atoms with Crippen LogP contribution in [0, 0.1) is 12.8 Å². The van der Waals surface area contributed by atoms with Gasteiger partial charge in [-0.05, 0) is 31.4 Å². The Kier molecular flexibility index (Phi) is 2.96. The van der Waals surface area contributed by atoms with E-state index in [-0.39, 0.29) is 0 Å². The van der Waals surface area contributed by atoms with Crippen LogP contribution in [-0.4, -0.2) is 0 Å². The lowest BCUT2D eigenvalue weighted by molar-refractivity contribution is 0.377. The molecule has 0 bridgehead atoms. The Labute approximate surface area is 74.8 Å². The van der Waals surface area contributed by atoms with Gasteiger partial charge in [0.25, 0.3) is 0 Å². The minimum absolute atomic E-state index is 0.582. The predicted molar refractivity (Wildman–Crippen MR) is 51.3 cm³/mol. The highest BCUT2D eigenvalue weighted by Gasteiger charge is 2.16. The van der Waals surface area contributed by atoms with Crippen LogP contribution in [0.4, 0.5) is 0 Å². The third kappa shape index (κ3) is 1.90. The first-order valence-electron chi connectivity index (χ1n) is 4.71. The molecule has 1 nitrogen and oxygen atoms in total. The summed E-state index contributed by atoms with van der Waals surface area (Å²) in [6, 6.07) is 4.14. The van der Waals surface area contributed by atoms with Crippen molar-refractivity contribution in [1.29, 1.82) is 0 Å². The van der Waals surface area contributed by atoms with Crippen molar-refractivity contribution in [1.82, 2.24) is 0 Å². The van der Waals surface area contributed by atoms with Gasteiger partial charge in [-0.15, -0.1) is 0 Å². The summed E-state index contributed by atoms with van der Waals surface area (Å²) in [7, 11) is 0. The highest BCUT2D eigenvalue weighted by atomic mass is 16.3. The standard InChI is InChI=1S/C11H18O/c1-5-10(8(2)3)11-7-6-9(4)12-11/h6-8,10H,5H2,1-4H3/t10-/m0/s1. The van der Waals surface area contributed by atoms with Crippen LogP contribution < -0.4 is 0 Å². The molecule has 0 spiro atoms. The topological polar surface area (TPSA) is 13.1 Å². The van der Waals surface area contributed by atoms with E-state index in [4.69, 9.17) is 4.42 Å². The molecule has 0 unspecified atom stereocenters. The molecule has 0 aliphatic heterocycles. The molecule has 1 aromatic heterocycles. The summed E-state index contributed by atoms with van der Waals surface area (Å²) >= 11 is 0.